The molecule has 3 aromatic rings. The molecule has 33 heavy (non-hydrogen) atoms. The minimum absolute atomic E-state index is 0.102. The normalized spacial score (nSPS) is 18.0. The molecule has 3 heterocycles. The van der Waals surface area contributed by atoms with Crippen molar-refractivity contribution < 1.29 is 14.4 Å². The third-order valence-electron chi connectivity index (χ3n) is 6.00. The number of para-hydroxylation sites is 1. The summed E-state index contributed by atoms with van der Waals surface area (Å²) in [7, 11) is 0. The summed E-state index contributed by atoms with van der Waals surface area (Å²) in [6.45, 7) is 1.87. The first-order valence-electron chi connectivity index (χ1n) is 10.9. The monoisotopic (exact) mass is 479 g/mol. The standard InChI is InChI=1S/C25H22ClN3O3S/c26-18-8-10-19(11-9-18)29-24(31)22(33-25(29)32)14-17-15-28(21-7-3-2-6-20(17)21)16-23(30)27-12-4-1-5-13-27/h2-3,6-11,14-15H,1,4-5,12-13,16H2/b22-14-. The SMILES string of the molecule is O=C(Cn1cc(/C=C2\SC(=O)N(c3ccc(Cl)cc3)C2=O)c2ccccc21)N1CCCCC1. The Morgan fingerprint density at radius 3 is 2.48 bits per heavy atom. The molecule has 2 fully saturated rings. The maximum absolute atomic E-state index is 13.0. The van der Waals surface area contributed by atoms with Crippen molar-refractivity contribution in [2.24, 2.45) is 0 Å². The Balaban J connectivity index is 1.45. The molecule has 1 aromatic heterocycles. The number of carbonyl (C=O) groups is 3. The van der Waals surface area contributed by atoms with E-state index in [4.69, 9.17) is 11.6 Å². The van der Waals surface area contributed by atoms with Crippen LogP contribution >= 0.6 is 23.4 Å². The number of hydrogen-bond acceptors (Lipinski definition) is 4. The first kappa shape index (κ1) is 21.8. The Bertz CT molecular complexity index is 1280. The van der Waals surface area contributed by atoms with Gasteiger partial charge in [-0.05, 0) is 67.4 Å². The maximum atomic E-state index is 13.0. The Morgan fingerprint density at radius 1 is 1.00 bits per heavy atom. The van der Waals surface area contributed by atoms with Crippen LogP contribution < -0.4 is 4.90 Å². The molecule has 168 valence electrons. The van der Waals surface area contributed by atoms with Gasteiger partial charge >= 0.3 is 0 Å². The third-order valence-corrected chi connectivity index (χ3v) is 7.12. The number of benzene rings is 2. The van der Waals surface area contributed by atoms with E-state index in [1.54, 1.807) is 30.3 Å². The first-order chi connectivity index (χ1) is 16.0. The van der Waals surface area contributed by atoms with E-state index >= 15 is 0 Å². The number of halogens is 1. The topological polar surface area (TPSA) is 62.6 Å². The Labute approximate surface area is 200 Å². The molecule has 2 aliphatic rings. The Hall–Kier alpha value is -3.03. The third kappa shape index (κ3) is 4.30. The lowest BCUT2D eigenvalue weighted by Gasteiger charge is -2.27. The summed E-state index contributed by atoms with van der Waals surface area (Å²) >= 11 is 6.85. The summed E-state index contributed by atoms with van der Waals surface area (Å²) in [6.07, 6.45) is 6.90. The van der Waals surface area contributed by atoms with E-state index < -0.39 is 0 Å². The van der Waals surface area contributed by atoms with E-state index in [1.807, 2.05) is 39.9 Å². The molecular formula is C25H22ClN3O3S. The van der Waals surface area contributed by atoms with E-state index in [0.29, 0.717) is 15.6 Å². The second-order valence-electron chi connectivity index (χ2n) is 8.16. The maximum Gasteiger partial charge on any atom is 0.298 e. The van der Waals surface area contributed by atoms with E-state index in [0.717, 1.165) is 59.1 Å². The van der Waals surface area contributed by atoms with Gasteiger partial charge in [-0.1, -0.05) is 29.8 Å². The molecule has 0 bridgehead atoms. The van der Waals surface area contributed by atoms with Crippen LogP contribution in [0, 0.1) is 0 Å². The lowest BCUT2D eigenvalue weighted by atomic mass is 10.1. The summed E-state index contributed by atoms with van der Waals surface area (Å²) in [5.41, 5.74) is 2.21. The fourth-order valence-electron chi connectivity index (χ4n) is 4.33. The summed E-state index contributed by atoms with van der Waals surface area (Å²) in [5, 5.41) is 1.12. The number of likely N-dealkylation sites (tertiary alicyclic amines) is 1. The molecular weight excluding hydrogens is 458 g/mol. The minimum Gasteiger partial charge on any atom is -0.341 e. The summed E-state index contributed by atoms with van der Waals surface area (Å²) in [6, 6.07) is 14.4. The molecule has 0 saturated carbocycles. The molecule has 6 nitrogen and oxygen atoms in total. The van der Waals surface area contributed by atoms with Crippen molar-refractivity contribution in [1.29, 1.82) is 0 Å². The van der Waals surface area contributed by atoms with Gasteiger partial charge in [-0.3, -0.25) is 14.4 Å². The molecule has 0 aliphatic carbocycles. The van der Waals surface area contributed by atoms with Crippen molar-refractivity contribution in [3.8, 4) is 0 Å². The van der Waals surface area contributed by atoms with Gasteiger partial charge in [-0.2, -0.15) is 0 Å². The number of fused-ring (bicyclic) bond motifs is 1. The van der Waals surface area contributed by atoms with Gasteiger partial charge in [0.1, 0.15) is 6.54 Å². The Kier molecular flexibility index (Phi) is 6.00. The van der Waals surface area contributed by atoms with Gasteiger partial charge in [0.2, 0.25) is 5.91 Å². The van der Waals surface area contributed by atoms with Crippen molar-refractivity contribution >= 4 is 63.1 Å². The lowest BCUT2D eigenvalue weighted by Crippen LogP contribution is -2.37. The molecule has 0 N–H and O–H groups in total. The molecule has 0 spiro atoms. The van der Waals surface area contributed by atoms with E-state index in [9.17, 15) is 14.4 Å². The average molecular weight is 480 g/mol. The molecule has 2 saturated heterocycles. The highest BCUT2D eigenvalue weighted by atomic mass is 35.5. The van der Waals surface area contributed by atoms with Gasteiger partial charge in [0.25, 0.3) is 11.1 Å². The fraction of sp³-hybridized carbons (Fsp3) is 0.240. The zero-order valence-electron chi connectivity index (χ0n) is 17.9. The van der Waals surface area contributed by atoms with Crippen molar-refractivity contribution in [3.05, 3.63) is 70.2 Å². The highest BCUT2D eigenvalue weighted by Crippen LogP contribution is 2.37. The highest BCUT2D eigenvalue weighted by Gasteiger charge is 2.36. The summed E-state index contributed by atoms with van der Waals surface area (Å²) in [5.74, 6) is -0.265. The number of carbonyl (C=O) groups excluding carboxylic acids is 3. The largest absolute Gasteiger partial charge is 0.341 e. The van der Waals surface area contributed by atoms with Crippen LogP contribution in [0.4, 0.5) is 10.5 Å². The van der Waals surface area contributed by atoms with Crippen molar-refractivity contribution in [2.45, 2.75) is 25.8 Å². The van der Waals surface area contributed by atoms with Gasteiger partial charge in [0.05, 0.1) is 10.6 Å². The molecule has 2 aromatic carbocycles. The number of imide groups is 1. The molecule has 5 rings (SSSR count). The Morgan fingerprint density at radius 2 is 1.73 bits per heavy atom. The quantitative estimate of drug-likeness (QED) is 0.460. The second-order valence-corrected chi connectivity index (χ2v) is 9.59. The molecule has 2 aliphatic heterocycles. The first-order valence-corrected chi connectivity index (χ1v) is 12.1. The van der Waals surface area contributed by atoms with Gasteiger partial charge in [0.15, 0.2) is 0 Å². The van der Waals surface area contributed by atoms with Gasteiger partial charge in [0, 0.05) is 40.8 Å². The minimum atomic E-state index is -0.367. The number of aromatic nitrogens is 1. The highest BCUT2D eigenvalue weighted by molar-refractivity contribution is 8.19. The van der Waals surface area contributed by atoms with E-state index in [2.05, 4.69) is 0 Å². The number of amides is 3. The number of piperidine rings is 1. The summed E-state index contributed by atoms with van der Waals surface area (Å²) in [4.78, 5) is 41.9. The van der Waals surface area contributed by atoms with Crippen LogP contribution in [-0.4, -0.2) is 39.6 Å². The summed E-state index contributed by atoms with van der Waals surface area (Å²) < 4.78 is 1.93. The number of anilines is 1. The van der Waals surface area contributed by atoms with Crippen LogP contribution in [0.5, 0.6) is 0 Å². The van der Waals surface area contributed by atoms with Crippen molar-refractivity contribution in [2.75, 3.05) is 18.0 Å². The smallest absolute Gasteiger partial charge is 0.298 e. The molecule has 8 heteroatoms. The van der Waals surface area contributed by atoms with Gasteiger partial charge in [-0.25, -0.2) is 4.90 Å². The molecule has 0 radical (unpaired) electrons. The van der Waals surface area contributed by atoms with Crippen LogP contribution in [-0.2, 0) is 16.1 Å². The van der Waals surface area contributed by atoms with Gasteiger partial charge < -0.3 is 9.47 Å². The van der Waals surface area contributed by atoms with E-state index in [-0.39, 0.29) is 23.6 Å². The zero-order valence-corrected chi connectivity index (χ0v) is 19.4. The average Bonchev–Trinajstić information content (AvgIpc) is 3.31. The van der Waals surface area contributed by atoms with Crippen LogP contribution in [0.1, 0.15) is 24.8 Å². The van der Waals surface area contributed by atoms with Crippen LogP contribution in [0.2, 0.25) is 5.02 Å². The number of hydrogen-bond donors (Lipinski definition) is 0. The van der Waals surface area contributed by atoms with Crippen LogP contribution in [0.3, 0.4) is 0 Å². The zero-order chi connectivity index (χ0) is 22.9. The predicted octanol–water partition coefficient (Wildman–Crippen LogP) is 5.55. The second kappa shape index (κ2) is 9.08. The number of nitrogens with zero attached hydrogens (tertiary/aromatic N) is 3. The fourth-order valence-corrected chi connectivity index (χ4v) is 5.29. The van der Waals surface area contributed by atoms with Gasteiger partial charge in [-0.15, -0.1) is 0 Å². The van der Waals surface area contributed by atoms with Crippen LogP contribution in [0.15, 0.2) is 59.6 Å². The predicted molar refractivity (Wildman–Crippen MR) is 132 cm³/mol. The number of thioether (sulfide) groups is 1. The molecule has 3 amide bonds. The molecule has 0 unspecified atom stereocenters. The van der Waals surface area contributed by atoms with Crippen molar-refractivity contribution in [3.63, 3.8) is 0 Å². The number of rotatable bonds is 4. The van der Waals surface area contributed by atoms with Crippen LogP contribution in [0.25, 0.3) is 17.0 Å². The lowest BCUT2D eigenvalue weighted by molar-refractivity contribution is -0.132. The molecule has 0 atom stereocenters. The van der Waals surface area contributed by atoms with E-state index in [1.165, 1.54) is 6.42 Å². The van der Waals surface area contributed by atoms with Crippen molar-refractivity contribution in [1.82, 2.24) is 9.47 Å².